The van der Waals surface area contributed by atoms with Crippen LogP contribution in [0.25, 0.3) is 0 Å². The summed E-state index contributed by atoms with van der Waals surface area (Å²) in [7, 11) is 0. The van der Waals surface area contributed by atoms with Crippen molar-refractivity contribution < 1.29 is 27.5 Å². The van der Waals surface area contributed by atoms with E-state index < -0.39 is 34.8 Å². The van der Waals surface area contributed by atoms with Crippen molar-refractivity contribution in [2.75, 3.05) is 18.0 Å². The van der Waals surface area contributed by atoms with Crippen molar-refractivity contribution in [1.82, 2.24) is 15.3 Å². The molecular formula is C23H26ClF3N4O3. The van der Waals surface area contributed by atoms with Crippen LogP contribution >= 0.6 is 11.6 Å². The van der Waals surface area contributed by atoms with E-state index in [1.165, 1.54) is 12.3 Å². The van der Waals surface area contributed by atoms with E-state index in [-0.39, 0.29) is 16.4 Å². The van der Waals surface area contributed by atoms with Crippen LogP contribution in [0.1, 0.15) is 62.2 Å². The van der Waals surface area contributed by atoms with Crippen LogP contribution in [0.2, 0.25) is 5.15 Å². The molecule has 0 bridgehead atoms. The maximum atomic E-state index is 13.0. The molecule has 1 aromatic heterocycles. The number of nitrogens with zero attached hydrogens (tertiary/aromatic N) is 3. The molecule has 1 amide bonds. The number of anilines is 1. The van der Waals surface area contributed by atoms with Gasteiger partial charge >= 0.3 is 12.3 Å². The Bertz CT molecular complexity index is 1080. The van der Waals surface area contributed by atoms with E-state index in [0.717, 1.165) is 18.2 Å². The number of nitrogens with one attached hydrogen (secondary N) is 1. The molecule has 0 saturated carbocycles. The van der Waals surface area contributed by atoms with Gasteiger partial charge in [0, 0.05) is 24.2 Å². The molecular weight excluding hydrogens is 473 g/mol. The van der Waals surface area contributed by atoms with E-state index in [4.69, 9.17) is 16.3 Å². The molecule has 0 aliphatic carbocycles. The highest BCUT2D eigenvalue weighted by molar-refractivity contribution is 6.33. The van der Waals surface area contributed by atoms with E-state index >= 15 is 0 Å². The Morgan fingerprint density at radius 2 is 1.82 bits per heavy atom. The molecule has 1 saturated heterocycles. The number of ether oxygens (including phenoxy) is 1. The largest absolute Gasteiger partial charge is 0.444 e. The first-order chi connectivity index (χ1) is 15.7. The summed E-state index contributed by atoms with van der Waals surface area (Å²) in [5.74, 6) is -0.312. The standard InChI is InChI=1S/C23H26ClF3N4O3/c1-21(2,3)34-20(33)30-22(4)8-10-31(11-9-22)16-13-28-17(19(24)29-16)18(32)14-6-5-7-15(12-14)23(25,26)27/h5-7,12-13H,8-11H2,1-4H3,(H,30,33). The van der Waals surface area contributed by atoms with E-state index in [0.29, 0.717) is 31.7 Å². The van der Waals surface area contributed by atoms with Gasteiger partial charge in [0.25, 0.3) is 0 Å². The predicted octanol–water partition coefficient (Wildman–Crippen LogP) is 5.26. The molecule has 1 aliphatic heterocycles. The lowest BCUT2D eigenvalue weighted by molar-refractivity contribution is -0.137. The summed E-state index contributed by atoms with van der Waals surface area (Å²) in [5, 5.41) is 2.72. The molecule has 7 nitrogen and oxygen atoms in total. The number of piperidine rings is 1. The fraction of sp³-hybridized carbons (Fsp3) is 0.478. The number of hydrogen-bond donors (Lipinski definition) is 1. The Hall–Kier alpha value is -2.88. The van der Waals surface area contributed by atoms with Gasteiger partial charge in [0.2, 0.25) is 5.78 Å². The van der Waals surface area contributed by atoms with Crippen LogP contribution in [0.15, 0.2) is 30.5 Å². The number of alkyl carbamates (subject to hydrolysis) is 1. The quantitative estimate of drug-likeness (QED) is 0.579. The normalized spacial score (nSPS) is 16.2. The van der Waals surface area contributed by atoms with Crippen LogP contribution < -0.4 is 10.2 Å². The van der Waals surface area contributed by atoms with Crippen molar-refractivity contribution in [3.8, 4) is 0 Å². The zero-order valence-electron chi connectivity index (χ0n) is 19.3. The lowest BCUT2D eigenvalue weighted by Crippen LogP contribution is -2.54. The Balaban J connectivity index is 1.68. The van der Waals surface area contributed by atoms with E-state index in [1.54, 1.807) is 20.8 Å². The number of benzene rings is 1. The highest BCUT2D eigenvalue weighted by Crippen LogP contribution is 2.31. The number of carbonyl (C=O) groups excluding carboxylic acids is 2. The van der Waals surface area contributed by atoms with Gasteiger partial charge in [-0.3, -0.25) is 4.79 Å². The molecule has 0 atom stereocenters. The maximum Gasteiger partial charge on any atom is 0.416 e. The molecule has 184 valence electrons. The van der Waals surface area contributed by atoms with Crippen molar-refractivity contribution in [2.45, 2.75) is 57.9 Å². The highest BCUT2D eigenvalue weighted by Gasteiger charge is 2.34. The van der Waals surface area contributed by atoms with Gasteiger partial charge < -0.3 is 15.0 Å². The maximum absolute atomic E-state index is 13.0. The van der Waals surface area contributed by atoms with Gasteiger partial charge in [-0.2, -0.15) is 13.2 Å². The monoisotopic (exact) mass is 498 g/mol. The topological polar surface area (TPSA) is 84.4 Å². The summed E-state index contributed by atoms with van der Waals surface area (Å²) in [6.07, 6.45) is -2.47. The van der Waals surface area contributed by atoms with E-state index in [1.807, 2.05) is 11.8 Å². The minimum atomic E-state index is -4.57. The van der Waals surface area contributed by atoms with Gasteiger partial charge in [0.15, 0.2) is 5.15 Å². The van der Waals surface area contributed by atoms with E-state index in [9.17, 15) is 22.8 Å². The Morgan fingerprint density at radius 1 is 1.18 bits per heavy atom. The summed E-state index contributed by atoms with van der Waals surface area (Å²) < 4.78 is 44.2. The molecule has 3 rings (SSSR count). The molecule has 2 aromatic rings. The summed E-state index contributed by atoms with van der Waals surface area (Å²) in [4.78, 5) is 35.1. The van der Waals surface area contributed by atoms with Gasteiger partial charge in [-0.05, 0) is 52.7 Å². The summed E-state index contributed by atoms with van der Waals surface area (Å²) in [6.45, 7) is 8.39. The van der Waals surface area contributed by atoms with Crippen LogP contribution in [-0.4, -0.2) is 46.1 Å². The number of hydrogen-bond acceptors (Lipinski definition) is 6. The number of amides is 1. The summed E-state index contributed by atoms with van der Waals surface area (Å²) >= 11 is 6.19. The fourth-order valence-corrected chi connectivity index (χ4v) is 3.76. The smallest absolute Gasteiger partial charge is 0.416 e. The van der Waals surface area contributed by atoms with Crippen molar-refractivity contribution in [3.63, 3.8) is 0 Å². The number of rotatable bonds is 4. The number of alkyl halides is 3. The van der Waals surface area contributed by atoms with Crippen LogP contribution in [0.5, 0.6) is 0 Å². The van der Waals surface area contributed by atoms with Crippen molar-refractivity contribution in [1.29, 1.82) is 0 Å². The highest BCUT2D eigenvalue weighted by atomic mass is 35.5. The van der Waals surface area contributed by atoms with Gasteiger partial charge in [0.05, 0.1) is 11.8 Å². The first-order valence-corrected chi connectivity index (χ1v) is 11.1. The minimum absolute atomic E-state index is 0.180. The molecule has 0 radical (unpaired) electrons. The van der Waals surface area contributed by atoms with Gasteiger partial charge in [-0.1, -0.05) is 23.7 Å². The van der Waals surface area contributed by atoms with E-state index in [2.05, 4.69) is 15.3 Å². The van der Waals surface area contributed by atoms with Crippen molar-refractivity contribution >= 4 is 29.3 Å². The minimum Gasteiger partial charge on any atom is -0.444 e. The van der Waals surface area contributed by atoms with Crippen LogP contribution in [0.3, 0.4) is 0 Å². The number of carbonyl (C=O) groups is 2. The first-order valence-electron chi connectivity index (χ1n) is 10.7. The molecule has 1 aromatic carbocycles. The Kier molecular flexibility index (Phi) is 7.12. The molecule has 1 fully saturated rings. The Labute approximate surface area is 200 Å². The summed E-state index contributed by atoms with van der Waals surface area (Å²) in [6, 6.07) is 4.07. The Morgan fingerprint density at radius 3 is 2.38 bits per heavy atom. The SMILES string of the molecule is CC1(NC(=O)OC(C)(C)C)CCN(c2cnc(C(=O)c3cccc(C(F)(F)F)c3)c(Cl)n2)CC1. The molecule has 11 heteroatoms. The third-order valence-corrected chi connectivity index (χ3v) is 5.64. The number of halogens is 4. The van der Waals surface area contributed by atoms with Crippen LogP contribution in [0, 0.1) is 0 Å². The van der Waals surface area contributed by atoms with Gasteiger partial charge in [0.1, 0.15) is 17.1 Å². The lowest BCUT2D eigenvalue weighted by Gasteiger charge is -2.40. The number of ketones is 1. The number of aromatic nitrogens is 2. The van der Waals surface area contributed by atoms with Gasteiger partial charge in [-0.15, -0.1) is 0 Å². The molecule has 2 heterocycles. The molecule has 0 spiro atoms. The average molecular weight is 499 g/mol. The third kappa shape index (κ3) is 6.37. The lowest BCUT2D eigenvalue weighted by atomic mass is 9.90. The van der Waals surface area contributed by atoms with Crippen molar-refractivity contribution in [3.05, 3.63) is 52.4 Å². The predicted molar refractivity (Wildman–Crippen MR) is 121 cm³/mol. The average Bonchev–Trinajstić information content (AvgIpc) is 2.71. The zero-order chi connectivity index (χ0) is 25.3. The van der Waals surface area contributed by atoms with Crippen LogP contribution in [-0.2, 0) is 10.9 Å². The molecule has 0 unspecified atom stereocenters. The zero-order valence-corrected chi connectivity index (χ0v) is 20.0. The third-order valence-electron chi connectivity index (χ3n) is 5.38. The first kappa shape index (κ1) is 25.7. The van der Waals surface area contributed by atoms with Gasteiger partial charge in [-0.25, -0.2) is 14.8 Å². The second-order valence-electron chi connectivity index (χ2n) is 9.45. The second kappa shape index (κ2) is 9.40. The second-order valence-corrected chi connectivity index (χ2v) is 9.81. The van der Waals surface area contributed by atoms with Crippen LogP contribution in [0.4, 0.5) is 23.8 Å². The summed E-state index contributed by atoms with van der Waals surface area (Å²) in [5.41, 5.74) is -2.40. The fourth-order valence-electron chi connectivity index (χ4n) is 3.54. The molecule has 34 heavy (non-hydrogen) atoms. The van der Waals surface area contributed by atoms with Crippen molar-refractivity contribution in [2.24, 2.45) is 0 Å². The molecule has 1 N–H and O–H groups in total. The molecule has 1 aliphatic rings.